The van der Waals surface area contributed by atoms with E-state index in [-0.39, 0.29) is 19.7 Å². The molecule has 0 spiro atoms. The van der Waals surface area contributed by atoms with Crippen LogP contribution in [0.4, 0.5) is 0 Å². The Morgan fingerprint density at radius 3 is 2.16 bits per heavy atom. The highest BCUT2D eigenvalue weighted by Gasteiger charge is 2.26. The number of benzene rings is 1. The lowest BCUT2D eigenvalue weighted by Crippen LogP contribution is -3.16. The highest BCUT2D eigenvalue weighted by molar-refractivity contribution is 7.18. The van der Waals surface area contributed by atoms with Gasteiger partial charge in [-0.05, 0) is 42.9 Å². The quantitative estimate of drug-likeness (QED) is 0.667. The molecule has 0 radical (unpaired) electrons. The van der Waals surface area contributed by atoms with Gasteiger partial charge in [-0.3, -0.25) is 0 Å². The van der Waals surface area contributed by atoms with Crippen LogP contribution in [0, 0.1) is 5.92 Å². The van der Waals surface area contributed by atoms with Gasteiger partial charge in [-0.2, -0.15) is 0 Å². The Kier molecular flexibility index (Phi) is 10.0. The van der Waals surface area contributed by atoms with E-state index in [2.05, 4.69) is 65.8 Å². The number of quaternary nitrogens is 1. The number of carboxylic acid groups (broad SMARTS) is 1. The number of rotatable bonds is 5. The number of nitrogens with one attached hydrogen (secondary N) is 1. The molecule has 178 valence electrons. The molecule has 1 aliphatic heterocycles. The van der Waals surface area contributed by atoms with Crippen molar-refractivity contribution in [3.63, 3.8) is 0 Å². The second kappa shape index (κ2) is 11.8. The fourth-order valence-electron chi connectivity index (χ4n) is 4.11. The summed E-state index contributed by atoms with van der Waals surface area (Å²) in [6.45, 7) is 17.2. The number of thiophene rings is 1. The van der Waals surface area contributed by atoms with Crippen LogP contribution in [0.1, 0.15) is 62.3 Å². The standard InChI is InChI=1S/C20H33NO.C5H2Cl2O2S/c1-15(12-21-13-16(2)22-17(3)14-21)11-18-7-9-19(10-8-18)20(4,5)6;6-2-1-3(5(8)9)10-4(2)7/h7-10,15-17H,11-14H2,1-6H3;1H,(H,8,9). The molecule has 1 saturated heterocycles. The lowest BCUT2D eigenvalue weighted by atomic mass is 9.86. The van der Waals surface area contributed by atoms with Crippen LogP contribution in [0.5, 0.6) is 0 Å². The number of hydrogen-bond donors (Lipinski definition) is 1. The van der Waals surface area contributed by atoms with Crippen LogP contribution >= 0.6 is 34.5 Å². The highest BCUT2D eigenvalue weighted by Crippen LogP contribution is 2.31. The van der Waals surface area contributed by atoms with Gasteiger partial charge in [0.15, 0.2) is 0 Å². The lowest BCUT2D eigenvalue weighted by Gasteiger charge is -2.33. The predicted octanol–water partition coefficient (Wildman–Crippen LogP) is 4.27. The minimum atomic E-state index is -1.25. The molecule has 1 aromatic heterocycles. The molecule has 0 aliphatic carbocycles. The second-order valence-electron chi connectivity index (χ2n) is 9.90. The molecule has 1 aliphatic rings. The summed E-state index contributed by atoms with van der Waals surface area (Å²) in [5.74, 6) is -0.535. The van der Waals surface area contributed by atoms with Gasteiger partial charge in [0.25, 0.3) is 0 Å². The molecule has 32 heavy (non-hydrogen) atoms. The lowest BCUT2D eigenvalue weighted by molar-refractivity contribution is -0.918. The van der Waals surface area contributed by atoms with Crippen LogP contribution in [0.15, 0.2) is 30.3 Å². The van der Waals surface area contributed by atoms with E-state index in [0.717, 1.165) is 24.4 Å². The number of carbonyl (C=O) groups is 1. The molecule has 0 bridgehead atoms. The first-order chi connectivity index (χ1) is 14.8. The van der Waals surface area contributed by atoms with Crippen molar-refractivity contribution < 1.29 is 19.5 Å². The van der Waals surface area contributed by atoms with Gasteiger partial charge in [-0.1, -0.05) is 75.2 Å². The molecule has 4 nitrogen and oxygen atoms in total. The Morgan fingerprint density at radius 2 is 1.75 bits per heavy atom. The summed E-state index contributed by atoms with van der Waals surface area (Å²) in [7, 11) is 0. The fourth-order valence-corrected chi connectivity index (χ4v) is 5.31. The first-order valence-electron chi connectivity index (χ1n) is 11.1. The number of hydrogen-bond acceptors (Lipinski definition) is 4. The summed E-state index contributed by atoms with van der Waals surface area (Å²) in [6, 6.07) is 10.5. The maximum Gasteiger partial charge on any atom is 0.112 e. The Labute approximate surface area is 206 Å². The van der Waals surface area contributed by atoms with E-state index < -0.39 is 5.97 Å². The summed E-state index contributed by atoms with van der Waals surface area (Å²) in [4.78, 5) is 11.9. The van der Waals surface area contributed by atoms with Crippen molar-refractivity contribution in [2.75, 3.05) is 19.6 Å². The molecule has 3 atom stereocenters. The average Bonchev–Trinajstić information content (AvgIpc) is 3.00. The van der Waals surface area contributed by atoms with Crippen molar-refractivity contribution in [3.05, 3.63) is 55.7 Å². The molecular formula is C25H35Cl2NO3S. The van der Waals surface area contributed by atoms with Crippen LogP contribution in [0.3, 0.4) is 0 Å². The van der Waals surface area contributed by atoms with Crippen LogP contribution in [-0.4, -0.2) is 37.8 Å². The van der Waals surface area contributed by atoms with Crippen molar-refractivity contribution in [1.82, 2.24) is 0 Å². The maximum absolute atomic E-state index is 10.1. The van der Waals surface area contributed by atoms with Crippen LogP contribution < -0.4 is 10.0 Å². The van der Waals surface area contributed by atoms with Gasteiger partial charge < -0.3 is 19.5 Å². The predicted molar refractivity (Wildman–Crippen MR) is 132 cm³/mol. The third kappa shape index (κ3) is 8.68. The van der Waals surface area contributed by atoms with Crippen molar-refractivity contribution in [2.45, 2.75) is 65.6 Å². The average molecular weight is 501 g/mol. The molecule has 1 aromatic carbocycles. The van der Waals surface area contributed by atoms with Gasteiger partial charge >= 0.3 is 0 Å². The van der Waals surface area contributed by atoms with Crippen molar-refractivity contribution in [3.8, 4) is 0 Å². The van der Waals surface area contributed by atoms with E-state index in [1.165, 1.54) is 30.2 Å². The summed E-state index contributed by atoms with van der Waals surface area (Å²) >= 11 is 11.8. The molecule has 0 amide bonds. The Hall–Kier alpha value is -1.11. The van der Waals surface area contributed by atoms with Crippen LogP contribution in [-0.2, 0) is 16.6 Å². The summed E-state index contributed by atoms with van der Waals surface area (Å²) in [5, 5.41) is 10.4. The fraction of sp³-hybridized carbons (Fsp3) is 0.560. The van der Waals surface area contributed by atoms with Crippen molar-refractivity contribution >= 4 is 40.5 Å². The van der Waals surface area contributed by atoms with Gasteiger partial charge in [0.1, 0.15) is 29.6 Å². The molecule has 0 saturated carbocycles. The zero-order valence-electron chi connectivity index (χ0n) is 19.8. The van der Waals surface area contributed by atoms with Gasteiger partial charge in [-0.25, -0.2) is 0 Å². The normalized spacial score (nSPS) is 22.1. The zero-order valence-corrected chi connectivity index (χ0v) is 22.2. The summed E-state index contributed by atoms with van der Waals surface area (Å²) in [6.07, 6.45) is 1.98. The first kappa shape index (κ1) is 27.1. The molecule has 3 rings (SSSR count). The largest absolute Gasteiger partial charge is 0.544 e. The number of halogens is 2. The highest BCUT2D eigenvalue weighted by atomic mass is 35.5. The molecule has 2 heterocycles. The van der Waals surface area contributed by atoms with Gasteiger partial charge in [0.2, 0.25) is 0 Å². The molecule has 1 fully saturated rings. The minimum Gasteiger partial charge on any atom is -0.544 e. The summed E-state index contributed by atoms with van der Waals surface area (Å²) < 4.78 is 6.12. The van der Waals surface area contributed by atoms with Crippen LogP contribution in [0.2, 0.25) is 9.36 Å². The SMILES string of the molecule is CC(Cc1ccc(C(C)(C)C)cc1)C[NH+]1CC(C)OC(C)C1.O=C([O-])c1cc(Cl)c(Cl)s1. The van der Waals surface area contributed by atoms with Gasteiger partial charge in [0.05, 0.1) is 22.4 Å². The number of aromatic carboxylic acids is 1. The third-order valence-corrected chi connectivity index (χ3v) is 7.35. The number of morpholine rings is 1. The first-order valence-corrected chi connectivity index (χ1v) is 12.7. The maximum atomic E-state index is 10.1. The van der Waals surface area contributed by atoms with E-state index in [4.69, 9.17) is 27.9 Å². The molecular weight excluding hydrogens is 465 g/mol. The second-order valence-corrected chi connectivity index (χ2v) is 12.0. The minimum absolute atomic E-state index is 0.0509. The number of ether oxygens (including phenoxy) is 1. The molecule has 2 aromatic rings. The van der Waals surface area contributed by atoms with E-state index in [0.29, 0.717) is 18.1 Å². The van der Waals surface area contributed by atoms with E-state index in [1.54, 1.807) is 4.90 Å². The number of carbonyl (C=O) groups excluding carboxylic acids is 1. The Balaban J connectivity index is 0.000000303. The topological polar surface area (TPSA) is 53.8 Å². The Bertz CT molecular complexity index is 847. The van der Waals surface area contributed by atoms with E-state index in [1.807, 2.05) is 0 Å². The smallest absolute Gasteiger partial charge is 0.112 e. The third-order valence-electron chi connectivity index (χ3n) is 5.50. The van der Waals surface area contributed by atoms with E-state index in [9.17, 15) is 9.90 Å². The number of carboxylic acids is 1. The van der Waals surface area contributed by atoms with Gasteiger partial charge in [-0.15, -0.1) is 11.3 Å². The van der Waals surface area contributed by atoms with Crippen molar-refractivity contribution in [1.29, 1.82) is 0 Å². The van der Waals surface area contributed by atoms with Crippen molar-refractivity contribution in [2.24, 2.45) is 5.92 Å². The molecule has 7 heteroatoms. The van der Waals surface area contributed by atoms with Gasteiger partial charge in [0, 0.05) is 5.92 Å². The van der Waals surface area contributed by atoms with E-state index >= 15 is 0 Å². The van der Waals surface area contributed by atoms with Crippen LogP contribution in [0.25, 0.3) is 0 Å². The monoisotopic (exact) mass is 499 g/mol. The summed E-state index contributed by atoms with van der Waals surface area (Å²) in [5.41, 5.74) is 3.13. The zero-order chi connectivity index (χ0) is 24.1. The molecule has 1 N–H and O–H groups in total. The Morgan fingerprint density at radius 1 is 1.19 bits per heavy atom. The molecule has 3 unspecified atom stereocenters.